The van der Waals surface area contributed by atoms with Gasteiger partial charge in [-0.15, -0.1) is 11.3 Å². The number of nitrogens with one attached hydrogen (secondary N) is 1. The van der Waals surface area contributed by atoms with Crippen LogP contribution in [-0.2, 0) is 20.1 Å². The molecule has 0 atom stereocenters. The van der Waals surface area contributed by atoms with Gasteiger partial charge >= 0.3 is 0 Å². The molecule has 0 aliphatic heterocycles. The lowest BCUT2D eigenvalue weighted by atomic mass is 10.3. The minimum Gasteiger partial charge on any atom is -0.347 e. The van der Waals surface area contributed by atoms with Gasteiger partial charge in [-0.2, -0.15) is 5.10 Å². The van der Waals surface area contributed by atoms with Crippen molar-refractivity contribution in [1.82, 2.24) is 20.1 Å². The zero-order valence-corrected chi connectivity index (χ0v) is 12.2. The molecular weight excluding hydrogens is 258 g/mol. The molecule has 102 valence electrons. The average molecular weight is 277 g/mol. The largest absolute Gasteiger partial charge is 0.347 e. The Hall–Kier alpha value is -1.40. The molecule has 2 aromatic rings. The lowest BCUT2D eigenvalue weighted by molar-refractivity contribution is 0.676. The minimum atomic E-state index is 0.735. The maximum Gasteiger partial charge on any atom is 0.185 e. The van der Waals surface area contributed by atoms with Crippen LogP contribution in [0.25, 0.3) is 0 Å². The summed E-state index contributed by atoms with van der Waals surface area (Å²) < 4.78 is 1.83. The summed E-state index contributed by atoms with van der Waals surface area (Å²) in [5.74, 6) is 0. The fourth-order valence-electron chi connectivity index (χ4n) is 1.98. The van der Waals surface area contributed by atoms with Gasteiger partial charge < -0.3 is 10.2 Å². The number of nitrogens with zero attached hydrogens (tertiary/aromatic N) is 4. The minimum absolute atomic E-state index is 0.735. The Bertz CT molecular complexity index is 543. The van der Waals surface area contributed by atoms with E-state index in [4.69, 9.17) is 0 Å². The zero-order chi connectivity index (χ0) is 13.2. The topological polar surface area (TPSA) is 46.0 Å². The summed E-state index contributed by atoms with van der Waals surface area (Å²) >= 11 is 1.70. The van der Waals surface area contributed by atoms with Gasteiger partial charge in [0.1, 0.15) is 0 Å². The SMILES string of the molecule is CN(Cc1cnn(C)c1)c1nc(CNC2CC2)cs1. The van der Waals surface area contributed by atoms with Crippen LogP contribution in [0.15, 0.2) is 17.8 Å². The van der Waals surface area contributed by atoms with Crippen molar-refractivity contribution in [3.05, 3.63) is 29.0 Å². The van der Waals surface area contributed by atoms with Crippen LogP contribution in [0.5, 0.6) is 0 Å². The summed E-state index contributed by atoms with van der Waals surface area (Å²) in [6, 6.07) is 0.735. The Labute approximate surface area is 117 Å². The van der Waals surface area contributed by atoms with Gasteiger partial charge in [-0.1, -0.05) is 0 Å². The van der Waals surface area contributed by atoms with E-state index in [2.05, 4.69) is 32.7 Å². The van der Waals surface area contributed by atoms with E-state index in [1.807, 2.05) is 24.1 Å². The van der Waals surface area contributed by atoms with Crippen LogP contribution in [0, 0.1) is 0 Å². The molecule has 3 rings (SSSR count). The number of aromatic nitrogens is 3. The van der Waals surface area contributed by atoms with Crippen LogP contribution >= 0.6 is 11.3 Å². The Morgan fingerprint density at radius 3 is 3.05 bits per heavy atom. The molecule has 1 aliphatic rings. The molecule has 2 heterocycles. The van der Waals surface area contributed by atoms with Crippen molar-refractivity contribution in [2.24, 2.45) is 7.05 Å². The predicted molar refractivity (Wildman–Crippen MR) is 77.3 cm³/mol. The predicted octanol–water partition coefficient (Wildman–Crippen LogP) is 1.76. The van der Waals surface area contributed by atoms with E-state index in [0.29, 0.717) is 0 Å². The van der Waals surface area contributed by atoms with Crippen LogP contribution in [-0.4, -0.2) is 27.9 Å². The van der Waals surface area contributed by atoms with E-state index in [1.165, 1.54) is 18.4 Å². The van der Waals surface area contributed by atoms with Crippen LogP contribution in [0.4, 0.5) is 5.13 Å². The Morgan fingerprint density at radius 1 is 1.53 bits per heavy atom. The first-order chi connectivity index (χ1) is 9.20. The highest BCUT2D eigenvalue weighted by atomic mass is 32.1. The first-order valence-electron chi connectivity index (χ1n) is 6.57. The van der Waals surface area contributed by atoms with Gasteiger partial charge in [-0.05, 0) is 12.8 Å². The van der Waals surface area contributed by atoms with Gasteiger partial charge in [0.25, 0.3) is 0 Å². The summed E-state index contributed by atoms with van der Waals surface area (Å²) in [5.41, 5.74) is 2.35. The lowest BCUT2D eigenvalue weighted by Gasteiger charge is -2.14. The standard InChI is InChI=1S/C13H19N5S/c1-17(7-10-5-15-18(2)8-10)13-16-12(9-19-13)6-14-11-3-4-11/h5,8-9,11,14H,3-4,6-7H2,1-2H3. The van der Waals surface area contributed by atoms with Crippen LogP contribution in [0.1, 0.15) is 24.1 Å². The smallest absolute Gasteiger partial charge is 0.185 e. The molecule has 1 fully saturated rings. The third-order valence-electron chi connectivity index (χ3n) is 3.19. The molecule has 1 N–H and O–H groups in total. The summed E-state index contributed by atoms with van der Waals surface area (Å²) in [4.78, 5) is 6.84. The number of thiazole rings is 1. The van der Waals surface area contributed by atoms with Crippen LogP contribution < -0.4 is 10.2 Å². The van der Waals surface area contributed by atoms with Crippen molar-refractivity contribution in [3.8, 4) is 0 Å². The Kier molecular flexibility index (Phi) is 3.52. The zero-order valence-electron chi connectivity index (χ0n) is 11.3. The molecule has 5 nitrogen and oxygen atoms in total. The van der Waals surface area contributed by atoms with E-state index in [-0.39, 0.29) is 0 Å². The molecule has 2 aromatic heterocycles. The van der Waals surface area contributed by atoms with Gasteiger partial charge in [-0.25, -0.2) is 4.98 Å². The Morgan fingerprint density at radius 2 is 2.37 bits per heavy atom. The molecule has 0 aromatic carbocycles. The first kappa shape index (κ1) is 12.6. The molecular formula is C13H19N5S. The quantitative estimate of drug-likeness (QED) is 0.874. The third-order valence-corrected chi connectivity index (χ3v) is 4.20. The normalized spacial score (nSPS) is 14.8. The summed E-state index contributed by atoms with van der Waals surface area (Å²) in [6.45, 7) is 1.73. The van der Waals surface area contributed by atoms with Crippen molar-refractivity contribution >= 4 is 16.5 Å². The van der Waals surface area contributed by atoms with Crippen molar-refractivity contribution in [2.75, 3.05) is 11.9 Å². The second-order valence-corrected chi connectivity index (χ2v) is 5.99. The van der Waals surface area contributed by atoms with Gasteiger partial charge in [-0.3, -0.25) is 4.68 Å². The van der Waals surface area contributed by atoms with Crippen LogP contribution in [0.2, 0.25) is 0 Å². The molecule has 0 radical (unpaired) electrons. The number of rotatable bonds is 6. The van der Waals surface area contributed by atoms with Crippen molar-refractivity contribution < 1.29 is 0 Å². The van der Waals surface area contributed by atoms with E-state index in [9.17, 15) is 0 Å². The van der Waals surface area contributed by atoms with Crippen LogP contribution in [0.3, 0.4) is 0 Å². The van der Waals surface area contributed by atoms with Crippen molar-refractivity contribution in [3.63, 3.8) is 0 Å². The molecule has 1 aliphatic carbocycles. The van der Waals surface area contributed by atoms with Crippen molar-refractivity contribution in [2.45, 2.75) is 32.0 Å². The molecule has 1 saturated carbocycles. The summed E-state index contributed by atoms with van der Waals surface area (Å²) in [5, 5.41) is 10.9. The number of aryl methyl sites for hydroxylation is 1. The number of hydrogen-bond donors (Lipinski definition) is 1. The maximum absolute atomic E-state index is 4.67. The van der Waals surface area contributed by atoms with Gasteiger partial charge in [0, 0.05) is 50.4 Å². The second-order valence-electron chi connectivity index (χ2n) is 5.15. The molecule has 0 amide bonds. The molecule has 0 saturated heterocycles. The highest BCUT2D eigenvalue weighted by Gasteiger charge is 2.20. The third kappa shape index (κ3) is 3.33. The average Bonchev–Trinajstić information content (AvgIpc) is 2.94. The second kappa shape index (κ2) is 5.30. The fraction of sp³-hybridized carbons (Fsp3) is 0.538. The highest BCUT2D eigenvalue weighted by Crippen LogP contribution is 2.23. The Balaban J connectivity index is 1.57. The molecule has 0 unspecified atom stereocenters. The summed E-state index contributed by atoms with van der Waals surface area (Å²) in [6.07, 6.45) is 6.58. The highest BCUT2D eigenvalue weighted by molar-refractivity contribution is 7.13. The molecule has 0 spiro atoms. The van der Waals surface area contributed by atoms with E-state index in [1.54, 1.807) is 11.3 Å². The first-order valence-corrected chi connectivity index (χ1v) is 7.45. The maximum atomic E-state index is 4.67. The van der Waals surface area contributed by atoms with Gasteiger partial charge in [0.2, 0.25) is 0 Å². The van der Waals surface area contributed by atoms with E-state index in [0.717, 1.165) is 30.0 Å². The molecule has 6 heteroatoms. The summed E-state index contributed by atoms with van der Waals surface area (Å²) in [7, 11) is 4.01. The van der Waals surface area contributed by atoms with Crippen molar-refractivity contribution in [1.29, 1.82) is 0 Å². The number of anilines is 1. The molecule has 0 bridgehead atoms. The lowest BCUT2D eigenvalue weighted by Crippen LogP contribution is -2.17. The fourth-order valence-corrected chi connectivity index (χ4v) is 2.78. The number of hydrogen-bond acceptors (Lipinski definition) is 5. The van der Waals surface area contributed by atoms with Gasteiger partial charge in [0.05, 0.1) is 11.9 Å². The van der Waals surface area contributed by atoms with E-state index < -0.39 is 0 Å². The van der Waals surface area contributed by atoms with Gasteiger partial charge in [0.15, 0.2) is 5.13 Å². The monoisotopic (exact) mass is 277 g/mol. The van der Waals surface area contributed by atoms with E-state index >= 15 is 0 Å². The molecule has 19 heavy (non-hydrogen) atoms.